The molecule has 2 rings (SSSR count). The highest BCUT2D eigenvalue weighted by Crippen LogP contribution is 2.23. The SMILES string of the molecule is O=C(O)CCC1CCCCN1Cc1ccco1. The Morgan fingerprint density at radius 2 is 2.41 bits per heavy atom. The summed E-state index contributed by atoms with van der Waals surface area (Å²) in [5.41, 5.74) is 0. The van der Waals surface area contributed by atoms with E-state index in [-0.39, 0.29) is 6.42 Å². The topological polar surface area (TPSA) is 53.7 Å². The van der Waals surface area contributed by atoms with E-state index in [0.29, 0.717) is 6.04 Å². The summed E-state index contributed by atoms with van der Waals surface area (Å²) in [6, 6.07) is 4.26. The predicted octanol–water partition coefficient (Wildman–Crippen LogP) is 2.50. The maximum absolute atomic E-state index is 10.6. The van der Waals surface area contributed by atoms with Crippen molar-refractivity contribution < 1.29 is 14.3 Å². The molecule has 0 saturated carbocycles. The summed E-state index contributed by atoms with van der Waals surface area (Å²) in [4.78, 5) is 13.0. The van der Waals surface area contributed by atoms with Gasteiger partial charge in [0.2, 0.25) is 0 Å². The highest BCUT2D eigenvalue weighted by molar-refractivity contribution is 5.66. The highest BCUT2D eigenvalue weighted by atomic mass is 16.4. The van der Waals surface area contributed by atoms with Crippen molar-refractivity contribution in [3.05, 3.63) is 24.2 Å². The molecule has 17 heavy (non-hydrogen) atoms. The maximum Gasteiger partial charge on any atom is 0.303 e. The molecule has 0 aliphatic carbocycles. The molecule has 0 bridgehead atoms. The monoisotopic (exact) mass is 237 g/mol. The lowest BCUT2D eigenvalue weighted by molar-refractivity contribution is -0.137. The average molecular weight is 237 g/mol. The summed E-state index contributed by atoms with van der Waals surface area (Å²) in [5, 5.41) is 8.75. The van der Waals surface area contributed by atoms with Crippen molar-refractivity contribution in [3.63, 3.8) is 0 Å². The number of aliphatic carboxylic acids is 1. The Balaban J connectivity index is 1.89. The first-order chi connectivity index (χ1) is 8.25. The van der Waals surface area contributed by atoms with E-state index in [1.165, 1.54) is 12.8 Å². The zero-order valence-electron chi connectivity index (χ0n) is 9.97. The second kappa shape index (κ2) is 5.87. The van der Waals surface area contributed by atoms with Crippen molar-refractivity contribution in [2.45, 2.75) is 44.7 Å². The number of hydrogen-bond donors (Lipinski definition) is 1. The van der Waals surface area contributed by atoms with Crippen LogP contribution in [0.5, 0.6) is 0 Å². The third-order valence-corrected chi connectivity index (χ3v) is 3.38. The van der Waals surface area contributed by atoms with E-state index in [9.17, 15) is 4.79 Å². The molecule has 94 valence electrons. The number of rotatable bonds is 5. The molecule has 1 aromatic heterocycles. The van der Waals surface area contributed by atoms with Crippen LogP contribution in [-0.2, 0) is 11.3 Å². The van der Waals surface area contributed by atoms with Gasteiger partial charge < -0.3 is 9.52 Å². The molecule has 0 aromatic carbocycles. The van der Waals surface area contributed by atoms with Crippen molar-refractivity contribution in [2.75, 3.05) is 6.54 Å². The summed E-state index contributed by atoms with van der Waals surface area (Å²) in [7, 11) is 0. The zero-order valence-corrected chi connectivity index (χ0v) is 9.97. The van der Waals surface area contributed by atoms with Crippen molar-refractivity contribution in [1.82, 2.24) is 4.90 Å². The highest BCUT2D eigenvalue weighted by Gasteiger charge is 2.23. The number of hydrogen-bond acceptors (Lipinski definition) is 3. The van der Waals surface area contributed by atoms with Gasteiger partial charge in [-0.15, -0.1) is 0 Å². The van der Waals surface area contributed by atoms with Gasteiger partial charge in [-0.3, -0.25) is 9.69 Å². The lowest BCUT2D eigenvalue weighted by Gasteiger charge is -2.34. The fraction of sp³-hybridized carbons (Fsp3) is 0.615. The Morgan fingerprint density at radius 1 is 1.53 bits per heavy atom. The second-order valence-electron chi connectivity index (χ2n) is 4.63. The van der Waals surface area contributed by atoms with Gasteiger partial charge >= 0.3 is 5.97 Å². The first kappa shape index (κ1) is 12.2. The number of carbonyl (C=O) groups is 1. The molecule has 1 aliphatic heterocycles. The molecule has 4 heteroatoms. The third kappa shape index (κ3) is 3.60. The number of carboxylic acid groups (broad SMARTS) is 1. The van der Waals surface area contributed by atoms with Crippen LogP contribution < -0.4 is 0 Å². The first-order valence-electron chi connectivity index (χ1n) is 6.24. The van der Waals surface area contributed by atoms with Crippen LogP contribution in [0.15, 0.2) is 22.8 Å². The predicted molar refractivity (Wildman–Crippen MR) is 63.6 cm³/mol. The lowest BCUT2D eigenvalue weighted by atomic mass is 9.98. The van der Waals surface area contributed by atoms with Crippen molar-refractivity contribution in [3.8, 4) is 0 Å². The molecule has 1 unspecified atom stereocenters. The van der Waals surface area contributed by atoms with Crippen LogP contribution in [0.3, 0.4) is 0 Å². The van der Waals surface area contributed by atoms with Crippen LogP contribution in [0.25, 0.3) is 0 Å². The standard InChI is InChI=1S/C13H19NO3/c15-13(16)7-6-11-4-1-2-8-14(11)10-12-5-3-9-17-12/h3,5,9,11H,1-2,4,6-8,10H2,(H,15,16). The van der Waals surface area contributed by atoms with Crippen LogP contribution >= 0.6 is 0 Å². The molecule has 1 aromatic rings. The molecule has 1 atom stereocenters. The quantitative estimate of drug-likeness (QED) is 0.854. The lowest BCUT2D eigenvalue weighted by Crippen LogP contribution is -2.39. The van der Waals surface area contributed by atoms with Crippen LogP contribution in [0.2, 0.25) is 0 Å². The molecule has 1 N–H and O–H groups in total. The third-order valence-electron chi connectivity index (χ3n) is 3.38. The number of nitrogens with zero attached hydrogens (tertiary/aromatic N) is 1. The summed E-state index contributed by atoms with van der Waals surface area (Å²) in [5.74, 6) is 0.265. The molecule has 2 heterocycles. The fourth-order valence-electron chi connectivity index (χ4n) is 2.49. The first-order valence-corrected chi connectivity index (χ1v) is 6.24. The van der Waals surface area contributed by atoms with Gasteiger partial charge in [-0.2, -0.15) is 0 Å². The average Bonchev–Trinajstić information content (AvgIpc) is 2.80. The van der Waals surface area contributed by atoms with Crippen molar-refractivity contribution in [1.29, 1.82) is 0 Å². The molecule has 0 spiro atoms. The van der Waals surface area contributed by atoms with E-state index in [4.69, 9.17) is 9.52 Å². The largest absolute Gasteiger partial charge is 0.481 e. The maximum atomic E-state index is 10.6. The number of carboxylic acids is 1. The molecule has 4 nitrogen and oxygen atoms in total. The summed E-state index contributed by atoms with van der Waals surface area (Å²) in [6.07, 6.45) is 6.21. The van der Waals surface area contributed by atoms with Crippen LogP contribution in [0.4, 0.5) is 0 Å². The Bertz CT molecular complexity index is 348. The van der Waals surface area contributed by atoms with E-state index >= 15 is 0 Å². The van der Waals surface area contributed by atoms with Gasteiger partial charge in [0.15, 0.2) is 0 Å². The number of piperidine rings is 1. The molecule has 0 amide bonds. The van der Waals surface area contributed by atoms with E-state index in [2.05, 4.69) is 4.90 Å². The molecule has 1 fully saturated rings. The van der Waals surface area contributed by atoms with Crippen molar-refractivity contribution >= 4 is 5.97 Å². The number of likely N-dealkylation sites (tertiary alicyclic amines) is 1. The normalized spacial score (nSPS) is 21.5. The van der Waals surface area contributed by atoms with E-state index in [1.807, 2.05) is 12.1 Å². The Labute approximate surface area is 101 Å². The Kier molecular flexibility index (Phi) is 4.20. The van der Waals surface area contributed by atoms with Gasteiger partial charge in [0.1, 0.15) is 5.76 Å². The summed E-state index contributed by atoms with van der Waals surface area (Å²) >= 11 is 0. The fourth-order valence-corrected chi connectivity index (χ4v) is 2.49. The molecular weight excluding hydrogens is 218 g/mol. The minimum atomic E-state index is -0.700. The number of furan rings is 1. The minimum Gasteiger partial charge on any atom is -0.481 e. The van der Waals surface area contributed by atoms with Gasteiger partial charge in [-0.1, -0.05) is 6.42 Å². The zero-order chi connectivity index (χ0) is 12.1. The Morgan fingerprint density at radius 3 is 3.12 bits per heavy atom. The van der Waals surface area contributed by atoms with Crippen LogP contribution in [0.1, 0.15) is 37.9 Å². The molecular formula is C13H19NO3. The van der Waals surface area contributed by atoms with E-state index in [1.54, 1.807) is 6.26 Å². The van der Waals surface area contributed by atoms with Gasteiger partial charge in [-0.25, -0.2) is 0 Å². The smallest absolute Gasteiger partial charge is 0.303 e. The van der Waals surface area contributed by atoms with Gasteiger partial charge in [0.05, 0.1) is 12.8 Å². The van der Waals surface area contributed by atoms with E-state index < -0.39 is 5.97 Å². The molecule has 0 radical (unpaired) electrons. The van der Waals surface area contributed by atoms with Gasteiger partial charge in [-0.05, 0) is 37.9 Å². The second-order valence-corrected chi connectivity index (χ2v) is 4.63. The van der Waals surface area contributed by atoms with Gasteiger partial charge in [0, 0.05) is 12.5 Å². The van der Waals surface area contributed by atoms with Crippen LogP contribution in [-0.4, -0.2) is 28.6 Å². The summed E-state index contributed by atoms with van der Waals surface area (Å²) in [6.45, 7) is 1.85. The molecule has 1 saturated heterocycles. The van der Waals surface area contributed by atoms with Crippen LogP contribution in [0, 0.1) is 0 Å². The van der Waals surface area contributed by atoms with Gasteiger partial charge in [0.25, 0.3) is 0 Å². The Hall–Kier alpha value is -1.29. The van der Waals surface area contributed by atoms with E-state index in [0.717, 1.165) is 31.7 Å². The van der Waals surface area contributed by atoms with Crippen molar-refractivity contribution in [2.24, 2.45) is 0 Å². The minimum absolute atomic E-state index is 0.263. The summed E-state index contributed by atoms with van der Waals surface area (Å²) < 4.78 is 5.35. The molecule has 1 aliphatic rings.